The molecule has 2 aromatic rings. The molecule has 0 atom stereocenters. The van der Waals surface area contributed by atoms with Gasteiger partial charge in [-0.25, -0.2) is 0 Å². The van der Waals surface area contributed by atoms with Gasteiger partial charge in [-0.1, -0.05) is 12.1 Å². The van der Waals surface area contributed by atoms with Crippen LogP contribution in [-0.2, 0) is 6.54 Å². The van der Waals surface area contributed by atoms with Crippen molar-refractivity contribution >= 4 is 21.7 Å². The molecule has 0 radical (unpaired) electrons. The van der Waals surface area contributed by atoms with E-state index in [2.05, 4.69) is 21.0 Å². The number of benzene rings is 1. The fourth-order valence-electron chi connectivity index (χ4n) is 1.46. The number of Topliss-reactive ketones (excluding diaryl/α,β-unsaturated/α-hetero) is 1. The van der Waals surface area contributed by atoms with Crippen molar-refractivity contribution in [3.8, 4) is 5.75 Å². The maximum absolute atomic E-state index is 12.0. The van der Waals surface area contributed by atoms with Gasteiger partial charge in [-0.05, 0) is 28.1 Å². The molecule has 0 N–H and O–H groups in total. The number of aromatic nitrogens is 2. The molecular formula is C12H11BrN2O2. The second kappa shape index (κ2) is 5.14. The Morgan fingerprint density at radius 1 is 1.53 bits per heavy atom. The zero-order chi connectivity index (χ0) is 12.3. The maximum atomic E-state index is 12.0. The van der Waals surface area contributed by atoms with Crippen LogP contribution in [0.15, 0.2) is 41.1 Å². The van der Waals surface area contributed by atoms with E-state index in [9.17, 15) is 4.79 Å². The quantitative estimate of drug-likeness (QED) is 0.814. The summed E-state index contributed by atoms with van der Waals surface area (Å²) < 4.78 is 7.52. The van der Waals surface area contributed by atoms with Gasteiger partial charge in [0.15, 0.2) is 5.78 Å². The third-order valence-electron chi connectivity index (χ3n) is 2.30. The van der Waals surface area contributed by atoms with E-state index in [0.717, 1.165) is 4.47 Å². The van der Waals surface area contributed by atoms with Crippen molar-refractivity contribution in [1.82, 2.24) is 9.78 Å². The normalized spacial score (nSPS) is 10.2. The number of hydrogen-bond donors (Lipinski definition) is 0. The summed E-state index contributed by atoms with van der Waals surface area (Å²) >= 11 is 3.29. The number of methoxy groups -OCH3 is 1. The summed E-state index contributed by atoms with van der Waals surface area (Å²) in [7, 11) is 1.58. The van der Waals surface area contributed by atoms with Crippen LogP contribution in [0.3, 0.4) is 0 Å². The van der Waals surface area contributed by atoms with E-state index >= 15 is 0 Å². The molecule has 0 aliphatic carbocycles. The largest absolute Gasteiger partial charge is 0.497 e. The van der Waals surface area contributed by atoms with Gasteiger partial charge >= 0.3 is 0 Å². The molecule has 17 heavy (non-hydrogen) atoms. The van der Waals surface area contributed by atoms with Crippen molar-refractivity contribution in [2.45, 2.75) is 6.54 Å². The molecule has 5 heteroatoms. The fourth-order valence-corrected chi connectivity index (χ4v) is 1.79. The summed E-state index contributed by atoms with van der Waals surface area (Å²) in [4.78, 5) is 12.0. The molecule has 0 bridgehead atoms. The van der Waals surface area contributed by atoms with E-state index in [4.69, 9.17) is 4.74 Å². The third kappa shape index (κ3) is 2.94. The van der Waals surface area contributed by atoms with Crippen molar-refractivity contribution < 1.29 is 9.53 Å². The number of carbonyl (C=O) groups excluding carboxylic acids is 1. The van der Waals surface area contributed by atoms with Gasteiger partial charge in [-0.2, -0.15) is 5.10 Å². The van der Waals surface area contributed by atoms with Crippen LogP contribution in [0.2, 0.25) is 0 Å². The standard InChI is InChI=1S/C12H11BrN2O2/c1-17-11-4-2-3-9(5-11)12(16)8-15-7-10(13)6-14-15/h2-7H,8H2,1H3. The highest BCUT2D eigenvalue weighted by Gasteiger charge is 2.08. The molecule has 88 valence electrons. The SMILES string of the molecule is COc1cccc(C(=O)Cn2cc(Br)cn2)c1. The van der Waals surface area contributed by atoms with Crippen LogP contribution in [-0.4, -0.2) is 22.7 Å². The summed E-state index contributed by atoms with van der Waals surface area (Å²) in [6.45, 7) is 0.221. The van der Waals surface area contributed by atoms with Crippen molar-refractivity contribution in [2.24, 2.45) is 0 Å². The van der Waals surface area contributed by atoms with Crippen LogP contribution in [0.1, 0.15) is 10.4 Å². The van der Waals surface area contributed by atoms with Gasteiger partial charge in [0.2, 0.25) is 0 Å². The molecule has 1 aromatic carbocycles. The number of ether oxygens (including phenoxy) is 1. The highest BCUT2D eigenvalue weighted by molar-refractivity contribution is 9.10. The van der Waals surface area contributed by atoms with E-state index < -0.39 is 0 Å². The number of carbonyl (C=O) groups is 1. The van der Waals surface area contributed by atoms with Crippen molar-refractivity contribution in [3.63, 3.8) is 0 Å². The van der Waals surface area contributed by atoms with E-state index in [1.807, 2.05) is 0 Å². The lowest BCUT2D eigenvalue weighted by molar-refractivity contribution is 0.0967. The predicted octanol–water partition coefficient (Wildman–Crippen LogP) is 2.54. The smallest absolute Gasteiger partial charge is 0.184 e. The monoisotopic (exact) mass is 294 g/mol. The zero-order valence-electron chi connectivity index (χ0n) is 9.26. The number of halogens is 1. The molecule has 0 aliphatic rings. The van der Waals surface area contributed by atoms with Crippen molar-refractivity contribution in [2.75, 3.05) is 7.11 Å². The Morgan fingerprint density at radius 2 is 2.35 bits per heavy atom. The topological polar surface area (TPSA) is 44.1 Å². The minimum absolute atomic E-state index is 0.000463. The lowest BCUT2D eigenvalue weighted by Crippen LogP contribution is -2.10. The molecule has 1 heterocycles. The number of ketones is 1. The van der Waals surface area contributed by atoms with Crippen LogP contribution >= 0.6 is 15.9 Å². The highest BCUT2D eigenvalue weighted by atomic mass is 79.9. The van der Waals surface area contributed by atoms with Crippen LogP contribution in [0.25, 0.3) is 0 Å². The summed E-state index contributed by atoms with van der Waals surface area (Å²) in [6.07, 6.45) is 3.41. The Balaban J connectivity index is 2.14. The molecular weight excluding hydrogens is 284 g/mol. The highest BCUT2D eigenvalue weighted by Crippen LogP contribution is 2.14. The molecule has 4 nitrogen and oxygen atoms in total. The predicted molar refractivity (Wildman–Crippen MR) is 67.3 cm³/mol. The summed E-state index contributed by atoms with van der Waals surface area (Å²) in [6, 6.07) is 7.09. The van der Waals surface area contributed by atoms with E-state index in [0.29, 0.717) is 11.3 Å². The summed E-state index contributed by atoms with van der Waals surface area (Å²) in [5.41, 5.74) is 0.621. The first kappa shape index (κ1) is 11.9. The van der Waals surface area contributed by atoms with Crippen molar-refractivity contribution in [3.05, 3.63) is 46.7 Å². The van der Waals surface area contributed by atoms with Gasteiger partial charge in [-0.15, -0.1) is 0 Å². The van der Waals surface area contributed by atoms with E-state index in [-0.39, 0.29) is 12.3 Å². The van der Waals surface area contributed by atoms with Gasteiger partial charge in [0.05, 0.1) is 17.8 Å². The van der Waals surface area contributed by atoms with Crippen LogP contribution < -0.4 is 4.74 Å². The molecule has 0 saturated heterocycles. The molecule has 0 amide bonds. The van der Waals surface area contributed by atoms with Gasteiger partial charge < -0.3 is 4.74 Å². The molecule has 0 aliphatic heterocycles. The van der Waals surface area contributed by atoms with Crippen LogP contribution in [0.4, 0.5) is 0 Å². The lowest BCUT2D eigenvalue weighted by Gasteiger charge is -2.04. The summed E-state index contributed by atoms with van der Waals surface area (Å²) in [5, 5.41) is 4.04. The Bertz CT molecular complexity index is 537. The molecule has 2 rings (SSSR count). The molecule has 0 saturated carbocycles. The fraction of sp³-hybridized carbons (Fsp3) is 0.167. The Morgan fingerprint density at radius 3 is 3.00 bits per heavy atom. The van der Waals surface area contributed by atoms with E-state index in [1.165, 1.54) is 0 Å². The first-order valence-corrected chi connectivity index (χ1v) is 5.83. The average molecular weight is 295 g/mol. The Kier molecular flexibility index (Phi) is 3.58. The van der Waals surface area contributed by atoms with Crippen molar-refractivity contribution in [1.29, 1.82) is 0 Å². The third-order valence-corrected chi connectivity index (χ3v) is 2.71. The Labute approximate surface area is 107 Å². The molecule has 1 aromatic heterocycles. The molecule has 0 fully saturated rings. The van der Waals surface area contributed by atoms with Crippen LogP contribution in [0.5, 0.6) is 5.75 Å². The minimum atomic E-state index is -0.000463. The first-order chi connectivity index (χ1) is 8.19. The first-order valence-electron chi connectivity index (χ1n) is 5.04. The van der Waals surface area contributed by atoms with E-state index in [1.54, 1.807) is 48.5 Å². The minimum Gasteiger partial charge on any atom is -0.497 e. The number of rotatable bonds is 4. The van der Waals surface area contributed by atoms with Crippen LogP contribution in [0, 0.1) is 0 Å². The van der Waals surface area contributed by atoms with Gasteiger partial charge in [-0.3, -0.25) is 9.48 Å². The Hall–Kier alpha value is -1.62. The van der Waals surface area contributed by atoms with Gasteiger partial charge in [0.1, 0.15) is 12.3 Å². The zero-order valence-corrected chi connectivity index (χ0v) is 10.8. The van der Waals surface area contributed by atoms with Gasteiger partial charge in [0, 0.05) is 11.8 Å². The average Bonchev–Trinajstić information content (AvgIpc) is 2.75. The second-order valence-electron chi connectivity index (χ2n) is 3.51. The van der Waals surface area contributed by atoms with Gasteiger partial charge in [0.25, 0.3) is 0 Å². The maximum Gasteiger partial charge on any atom is 0.184 e. The molecule has 0 spiro atoms. The lowest BCUT2D eigenvalue weighted by atomic mass is 10.1. The molecule has 0 unspecified atom stereocenters. The number of nitrogens with zero attached hydrogens (tertiary/aromatic N) is 2. The second-order valence-corrected chi connectivity index (χ2v) is 4.43. The number of hydrogen-bond acceptors (Lipinski definition) is 3. The summed E-state index contributed by atoms with van der Waals surface area (Å²) in [5.74, 6) is 0.678.